The molecule has 0 amide bonds. The molecule has 0 aliphatic heterocycles. The molecule has 2 rings (SSSR count). The van der Waals surface area contributed by atoms with E-state index >= 15 is 0 Å². The summed E-state index contributed by atoms with van der Waals surface area (Å²) in [5, 5.41) is 0. The van der Waals surface area contributed by atoms with Crippen molar-refractivity contribution in [3.05, 3.63) is 41.5 Å². The fraction of sp³-hybridized carbons (Fsp3) is 0.333. The highest BCUT2D eigenvalue weighted by Gasteiger charge is 2.22. The number of aromatic nitrogens is 2. The molecule has 1 aromatic heterocycles. The number of ether oxygens (including phenoxy) is 1. The average Bonchev–Trinajstić information content (AvgIpc) is 2.69. The number of benzene rings is 1. The summed E-state index contributed by atoms with van der Waals surface area (Å²) < 4.78 is 18.5. The van der Waals surface area contributed by atoms with Crippen molar-refractivity contribution >= 4 is 5.97 Å². The Bertz CT molecular complexity index is 642. The van der Waals surface area contributed by atoms with Crippen molar-refractivity contribution < 1.29 is 13.9 Å². The van der Waals surface area contributed by atoms with Gasteiger partial charge in [-0.1, -0.05) is 12.1 Å². The number of rotatable bonds is 2. The molecule has 1 N–H and O–H groups in total. The number of nitrogens with zero attached hydrogens (tertiary/aromatic N) is 1. The normalized spacial score (nSPS) is 11.4. The van der Waals surface area contributed by atoms with E-state index in [-0.39, 0.29) is 11.5 Å². The maximum Gasteiger partial charge on any atom is 0.359 e. The van der Waals surface area contributed by atoms with Crippen LogP contribution in [0.3, 0.4) is 0 Å². The van der Waals surface area contributed by atoms with Crippen LogP contribution in [0.4, 0.5) is 4.39 Å². The van der Waals surface area contributed by atoms with E-state index in [1.807, 2.05) is 0 Å². The van der Waals surface area contributed by atoms with Gasteiger partial charge in [-0.05, 0) is 39.8 Å². The van der Waals surface area contributed by atoms with Gasteiger partial charge in [0.05, 0.1) is 0 Å². The van der Waals surface area contributed by atoms with Gasteiger partial charge in [-0.25, -0.2) is 14.2 Å². The SMILES string of the molecule is Cc1[nH]c(-c2cccc(F)c2)nc1C(=O)OC(C)(C)C. The van der Waals surface area contributed by atoms with Gasteiger partial charge in [0.1, 0.15) is 17.2 Å². The van der Waals surface area contributed by atoms with Gasteiger partial charge in [-0.3, -0.25) is 0 Å². The molecule has 0 aliphatic rings. The first-order valence-corrected chi connectivity index (χ1v) is 6.32. The van der Waals surface area contributed by atoms with Gasteiger partial charge in [-0.15, -0.1) is 0 Å². The Balaban J connectivity index is 2.33. The minimum absolute atomic E-state index is 0.221. The monoisotopic (exact) mass is 276 g/mol. The van der Waals surface area contributed by atoms with E-state index in [9.17, 15) is 9.18 Å². The van der Waals surface area contributed by atoms with Crippen LogP contribution in [0.2, 0.25) is 0 Å². The van der Waals surface area contributed by atoms with Gasteiger partial charge < -0.3 is 9.72 Å². The summed E-state index contributed by atoms with van der Waals surface area (Å²) in [5.41, 5.74) is 0.821. The van der Waals surface area contributed by atoms with Gasteiger partial charge in [-0.2, -0.15) is 0 Å². The Kier molecular flexibility index (Phi) is 3.61. The zero-order valence-corrected chi connectivity index (χ0v) is 12.0. The topological polar surface area (TPSA) is 55.0 Å². The van der Waals surface area contributed by atoms with E-state index in [2.05, 4.69) is 9.97 Å². The lowest BCUT2D eigenvalue weighted by Gasteiger charge is -2.18. The second-order valence-corrected chi connectivity index (χ2v) is 5.57. The molecule has 106 valence electrons. The zero-order chi connectivity index (χ0) is 14.9. The first kappa shape index (κ1) is 14.2. The van der Waals surface area contributed by atoms with Crippen molar-refractivity contribution in [2.45, 2.75) is 33.3 Å². The molecule has 4 nitrogen and oxygen atoms in total. The Morgan fingerprint density at radius 2 is 2.05 bits per heavy atom. The lowest BCUT2D eigenvalue weighted by atomic mass is 10.2. The number of carbonyl (C=O) groups is 1. The summed E-state index contributed by atoms with van der Waals surface area (Å²) in [4.78, 5) is 19.2. The molecule has 0 unspecified atom stereocenters. The minimum Gasteiger partial charge on any atom is -0.455 e. The van der Waals surface area contributed by atoms with Crippen molar-refractivity contribution in [2.24, 2.45) is 0 Å². The number of nitrogens with one attached hydrogen (secondary N) is 1. The van der Waals surface area contributed by atoms with E-state index in [1.165, 1.54) is 12.1 Å². The number of imidazole rings is 1. The molecule has 0 aliphatic carbocycles. The van der Waals surface area contributed by atoms with Crippen LogP contribution in [0.15, 0.2) is 24.3 Å². The largest absolute Gasteiger partial charge is 0.455 e. The lowest BCUT2D eigenvalue weighted by molar-refractivity contribution is 0.00627. The number of esters is 1. The number of halogens is 1. The maximum atomic E-state index is 13.2. The van der Waals surface area contributed by atoms with Gasteiger partial charge in [0.2, 0.25) is 0 Å². The molecule has 1 aromatic carbocycles. The van der Waals surface area contributed by atoms with Crippen molar-refractivity contribution in [3.8, 4) is 11.4 Å². The Morgan fingerprint density at radius 3 is 2.65 bits per heavy atom. The number of carbonyl (C=O) groups excluding carboxylic acids is 1. The van der Waals surface area contributed by atoms with Crippen LogP contribution in [0.1, 0.15) is 37.0 Å². The van der Waals surface area contributed by atoms with Gasteiger partial charge in [0, 0.05) is 11.3 Å². The van der Waals surface area contributed by atoms with Crippen LogP contribution in [-0.2, 0) is 4.74 Å². The predicted molar refractivity (Wildman–Crippen MR) is 73.9 cm³/mol. The number of aryl methyl sites for hydroxylation is 1. The third-order valence-electron chi connectivity index (χ3n) is 2.58. The van der Waals surface area contributed by atoms with Crippen LogP contribution in [0.5, 0.6) is 0 Å². The number of aromatic amines is 1. The molecule has 0 spiro atoms. The van der Waals surface area contributed by atoms with Crippen molar-refractivity contribution in [2.75, 3.05) is 0 Å². The zero-order valence-electron chi connectivity index (χ0n) is 12.0. The molecule has 5 heteroatoms. The Labute approximate surface area is 117 Å². The van der Waals surface area contributed by atoms with E-state index in [0.717, 1.165) is 0 Å². The van der Waals surface area contributed by atoms with Crippen LogP contribution in [-0.4, -0.2) is 21.5 Å². The summed E-state index contributed by atoms with van der Waals surface area (Å²) in [6.45, 7) is 7.11. The van der Waals surface area contributed by atoms with Gasteiger partial charge >= 0.3 is 5.97 Å². The standard InChI is InChI=1S/C15H17FN2O2/c1-9-12(14(19)20-15(2,3)4)18-13(17-9)10-6-5-7-11(16)8-10/h5-8H,1-4H3,(H,17,18). The molecule has 20 heavy (non-hydrogen) atoms. The second kappa shape index (κ2) is 5.07. The van der Waals surface area contributed by atoms with Crippen LogP contribution in [0, 0.1) is 12.7 Å². The summed E-state index contributed by atoms with van der Waals surface area (Å²) in [6.07, 6.45) is 0. The lowest BCUT2D eigenvalue weighted by Crippen LogP contribution is -2.24. The fourth-order valence-electron chi connectivity index (χ4n) is 1.76. The van der Waals surface area contributed by atoms with Crippen LogP contribution in [0.25, 0.3) is 11.4 Å². The minimum atomic E-state index is -0.582. The fourth-order valence-corrected chi connectivity index (χ4v) is 1.76. The molecule has 0 atom stereocenters. The van der Waals surface area contributed by atoms with Crippen molar-refractivity contribution in [1.82, 2.24) is 9.97 Å². The smallest absolute Gasteiger partial charge is 0.359 e. The summed E-state index contributed by atoms with van der Waals surface area (Å²) in [7, 11) is 0. The average molecular weight is 276 g/mol. The Morgan fingerprint density at radius 1 is 1.35 bits per heavy atom. The molecule has 0 fully saturated rings. The molecule has 0 saturated heterocycles. The highest BCUT2D eigenvalue weighted by molar-refractivity contribution is 5.89. The third kappa shape index (κ3) is 3.23. The van der Waals surface area contributed by atoms with Crippen molar-refractivity contribution in [1.29, 1.82) is 0 Å². The van der Waals surface area contributed by atoms with E-state index in [1.54, 1.807) is 39.8 Å². The molecular formula is C15H17FN2O2. The quantitative estimate of drug-likeness (QED) is 0.854. The van der Waals surface area contributed by atoms with E-state index < -0.39 is 11.6 Å². The summed E-state index contributed by atoms with van der Waals surface area (Å²) >= 11 is 0. The molecule has 0 saturated carbocycles. The highest BCUT2D eigenvalue weighted by atomic mass is 19.1. The molecule has 1 heterocycles. The molecule has 0 bridgehead atoms. The highest BCUT2D eigenvalue weighted by Crippen LogP contribution is 2.20. The van der Waals surface area contributed by atoms with Crippen LogP contribution >= 0.6 is 0 Å². The Hall–Kier alpha value is -2.17. The van der Waals surface area contributed by atoms with Crippen molar-refractivity contribution in [3.63, 3.8) is 0 Å². The first-order chi connectivity index (χ1) is 9.26. The van der Waals surface area contributed by atoms with E-state index in [0.29, 0.717) is 17.1 Å². The number of H-pyrrole nitrogens is 1. The molecule has 2 aromatic rings. The van der Waals surface area contributed by atoms with E-state index in [4.69, 9.17) is 4.74 Å². The molecular weight excluding hydrogens is 259 g/mol. The summed E-state index contributed by atoms with van der Waals surface area (Å²) in [5.74, 6) is -0.396. The van der Waals surface area contributed by atoms with Gasteiger partial charge in [0.25, 0.3) is 0 Å². The third-order valence-corrected chi connectivity index (χ3v) is 2.58. The number of hydrogen-bond acceptors (Lipinski definition) is 3. The molecule has 0 radical (unpaired) electrons. The number of hydrogen-bond donors (Lipinski definition) is 1. The van der Waals surface area contributed by atoms with Gasteiger partial charge in [0.15, 0.2) is 5.69 Å². The maximum absolute atomic E-state index is 13.2. The predicted octanol–water partition coefficient (Wildman–Crippen LogP) is 3.48. The summed E-state index contributed by atoms with van der Waals surface area (Å²) in [6, 6.07) is 6.03. The first-order valence-electron chi connectivity index (χ1n) is 6.32. The second-order valence-electron chi connectivity index (χ2n) is 5.57. The van der Waals surface area contributed by atoms with Crippen LogP contribution < -0.4 is 0 Å².